The Hall–Kier alpha value is -0.890. The fourth-order valence-electron chi connectivity index (χ4n) is 1.05. The van der Waals surface area contributed by atoms with Gasteiger partial charge < -0.3 is 5.32 Å². The Morgan fingerprint density at radius 1 is 1.38 bits per heavy atom. The highest BCUT2D eigenvalue weighted by molar-refractivity contribution is 7.15. The Labute approximate surface area is 95.5 Å². The second kappa shape index (κ2) is 5.44. The lowest BCUT2D eigenvalue weighted by atomic mass is 10.4. The maximum atomic E-state index is 12.0. The molecule has 0 unspecified atom stereocenters. The van der Waals surface area contributed by atoms with Gasteiger partial charge in [0.25, 0.3) is 0 Å². The van der Waals surface area contributed by atoms with E-state index in [4.69, 9.17) is 0 Å². The number of hydrogen-bond acceptors (Lipinski definition) is 5. The number of nitrogens with zero attached hydrogens (tertiary/aromatic N) is 3. The van der Waals surface area contributed by atoms with Crippen LogP contribution in [0.1, 0.15) is 11.4 Å². The molecule has 0 saturated carbocycles. The molecule has 0 aliphatic carbocycles. The van der Waals surface area contributed by atoms with Gasteiger partial charge in [0.1, 0.15) is 5.01 Å². The fraction of sp³-hybridized carbons (Fsp3) is 0.750. The van der Waals surface area contributed by atoms with Gasteiger partial charge in [0.2, 0.25) is 5.13 Å². The van der Waals surface area contributed by atoms with Crippen LogP contribution in [0.5, 0.6) is 0 Å². The van der Waals surface area contributed by atoms with E-state index in [0.29, 0.717) is 16.7 Å². The quantitative estimate of drug-likeness (QED) is 0.872. The van der Waals surface area contributed by atoms with Crippen molar-refractivity contribution in [3.63, 3.8) is 0 Å². The van der Waals surface area contributed by atoms with Gasteiger partial charge in [-0.1, -0.05) is 11.3 Å². The summed E-state index contributed by atoms with van der Waals surface area (Å²) in [4.78, 5) is 1.58. The van der Waals surface area contributed by atoms with Gasteiger partial charge in [0, 0.05) is 13.6 Å². The highest BCUT2D eigenvalue weighted by atomic mass is 32.1. The Kier molecular flexibility index (Phi) is 4.48. The van der Waals surface area contributed by atoms with E-state index >= 15 is 0 Å². The van der Waals surface area contributed by atoms with E-state index in [2.05, 4.69) is 15.5 Å². The molecule has 0 atom stereocenters. The molecule has 4 nitrogen and oxygen atoms in total. The van der Waals surface area contributed by atoms with Crippen LogP contribution in [0.2, 0.25) is 0 Å². The average Bonchev–Trinajstić information content (AvgIpc) is 2.61. The minimum absolute atomic E-state index is 0.0298. The van der Waals surface area contributed by atoms with Crippen molar-refractivity contribution in [1.82, 2.24) is 15.1 Å². The van der Waals surface area contributed by atoms with Crippen LogP contribution in [0.4, 0.5) is 18.3 Å². The molecule has 0 bridgehead atoms. The molecule has 1 heterocycles. The molecule has 1 aromatic heterocycles. The molecule has 16 heavy (non-hydrogen) atoms. The van der Waals surface area contributed by atoms with Gasteiger partial charge >= 0.3 is 6.18 Å². The maximum absolute atomic E-state index is 12.0. The molecule has 0 amide bonds. The van der Waals surface area contributed by atoms with Gasteiger partial charge in [0.05, 0.1) is 13.0 Å². The lowest BCUT2D eigenvalue weighted by Gasteiger charge is -2.15. The first-order chi connectivity index (χ1) is 7.40. The van der Waals surface area contributed by atoms with Gasteiger partial charge in [-0.15, -0.1) is 10.2 Å². The molecule has 0 saturated heterocycles. The largest absolute Gasteiger partial charge is 0.390 e. The van der Waals surface area contributed by atoms with Crippen molar-refractivity contribution in [3.05, 3.63) is 5.01 Å². The zero-order valence-corrected chi connectivity index (χ0v) is 9.82. The Morgan fingerprint density at radius 3 is 2.56 bits per heavy atom. The predicted octanol–water partition coefficient (Wildman–Crippen LogP) is 1.96. The van der Waals surface area contributed by atoms with Gasteiger partial charge in [-0.05, 0) is 7.05 Å². The topological polar surface area (TPSA) is 41.1 Å². The molecule has 0 spiro atoms. The Balaban J connectivity index is 2.36. The summed E-state index contributed by atoms with van der Waals surface area (Å²) in [6.45, 7) is 0.355. The zero-order chi connectivity index (χ0) is 12.2. The minimum Gasteiger partial charge on any atom is -0.363 e. The van der Waals surface area contributed by atoms with E-state index in [1.165, 1.54) is 11.3 Å². The van der Waals surface area contributed by atoms with E-state index in [-0.39, 0.29) is 6.54 Å². The molecule has 0 aliphatic rings. The Morgan fingerprint density at radius 2 is 2.06 bits per heavy atom. The summed E-state index contributed by atoms with van der Waals surface area (Å²) in [7, 11) is 3.35. The number of anilines is 1. The summed E-state index contributed by atoms with van der Waals surface area (Å²) in [5.41, 5.74) is 0. The molecule has 0 fully saturated rings. The van der Waals surface area contributed by atoms with Crippen molar-refractivity contribution >= 4 is 16.5 Å². The van der Waals surface area contributed by atoms with Crippen LogP contribution in [-0.4, -0.2) is 41.9 Å². The third-order valence-electron chi connectivity index (χ3n) is 1.86. The Bertz CT molecular complexity index is 325. The lowest BCUT2D eigenvalue weighted by Crippen LogP contribution is -2.24. The van der Waals surface area contributed by atoms with E-state index in [1.54, 1.807) is 19.0 Å². The first-order valence-electron chi connectivity index (χ1n) is 4.66. The number of aromatic nitrogens is 2. The standard InChI is InChI=1S/C8H13F3N4S/c1-12-7-14-13-6(16-7)5-15(2)4-3-8(9,10)11/h3-5H2,1-2H3,(H,12,14). The van der Waals surface area contributed by atoms with Crippen molar-refractivity contribution in [1.29, 1.82) is 0 Å². The molecule has 1 rings (SSSR count). The molecular formula is C8H13F3N4S. The molecule has 1 aromatic rings. The first-order valence-corrected chi connectivity index (χ1v) is 5.48. The molecule has 0 radical (unpaired) electrons. The van der Waals surface area contributed by atoms with Crippen LogP contribution < -0.4 is 5.32 Å². The number of nitrogens with one attached hydrogen (secondary N) is 1. The van der Waals surface area contributed by atoms with Crippen molar-refractivity contribution in [2.75, 3.05) is 26.0 Å². The zero-order valence-electron chi connectivity index (χ0n) is 9.01. The molecule has 0 aliphatic heterocycles. The fourth-order valence-corrected chi connectivity index (χ4v) is 1.82. The van der Waals surface area contributed by atoms with Crippen molar-refractivity contribution in [3.8, 4) is 0 Å². The van der Waals surface area contributed by atoms with Crippen molar-refractivity contribution in [2.45, 2.75) is 19.1 Å². The number of halogens is 3. The van der Waals surface area contributed by atoms with E-state index in [0.717, 1.165) is 0 Å². The van der Waals surface area contributed by atoms with Crippen LogP contribution in [-0.2, 0) is 6.54 Å². The molecule has 92 valence electrons. The summed E-state index contributed by atoms with van der Waals surface area (Å²) in [6, 6.07) is 0. The van der Waals surface area contributed by atoms with Crippen LogP contribution in [0.15, 0.2) is 0 Å². The summed E-state index contributed by atoms with van der Waals surface area (Å²) >= 11 is 1.34. The van der Waals surface area contributed by atoms with E-state index < -0.39 is 12.6 Å². The molecule has 8 heteroatoms. The normalized spacial score (nSPS) is 12.1. The van der Waals surface area contributed by atoms with Crippen LogP contribution in [0.25, 0.3) is 0 Å². The number of rotatable bonds is 5. The first kappa shape index (κ1) is 13.2. The number of hydrogen-bond donors (Lipinski definition) is 1. The van der Waals surface area contributed by atoms with Crippen LogP contribution in [0, 0.1) is 0 Å². The molecule has 0 aromatic carbocycles. The van der Waals surface area contributed by atoms with Crippen LogP contribution in [0.3, 0.4) is 0 Å². The SMILES string of the molecule is CNc1nnc(CN(C)CCC(F)(F)F)s1. The summed E-state index contributed by atoms with van der Waals surface area (Å²) in [6.07, 6.45) is -4.91. The predicted molar refractivity (Wildman–Crippen MR) is 56.5 cm³/mol. The van der Waals surface area contributed by atoms with Gasteiger partial charge in [-0.3, -0.25) is 4.90 Å². The third-order valence-corrected chi connectivity index (χ3v) is 2.79. The second-order valence-electron chi connectivity index (χ2n) is 3.35. The smallest absolute Gasteiger partial charge is 0.363 e. The summed E-state index contributed by atoms with van der Waals surface area (Å²) in [5.74, 6) is 0. The van der Waals surface area contributed by atoms with E-state index in [1.807, 2.05) is 0 Å². The minimum atomic E-state index is -4.11. The highest BCUT2D eigenvalue weighted by Gasteiger charge is 2.27. The lowest BCUT2D eigenvalue weighted by molar-refractivity contribution is -0.137. The monoisotopic (exact) mass is 254 g/mol. The summed E-state index contributed by atoms with van der Waals surface area (Å²) in [5, 5.41) is 11.9. The second-order valence-corrected chi connectivity index (χ2v) is 4.42. The summed E-state index contributed by atoms with van der Waals surface area (Å²) < 4.78 is 35.9. The maximum Gasteiger partial charge on any atom is 0.390 e. The third kappa shape index (κ3) is 4.75. The average molecular weight is 254 g/mol. The highest BCUT2D eigenvalue weighted by Crippen LogP contribution is 2.20. The van der Waals surface area contributed by atoms with Crippen molar-refractivity contribution in [2.24, 2.45) is 0 Å². The van der Waals surface area contributed by atoms with Crippen LogP contribution >= 0.6 is 11.3 Å². The van der Waals surface area contributed by atoms with E-state index in [9.17, 15) is 13.2 Å². The molecular weight excluding hydrogens is 241 g/mol. The van der Waals surface area contributed by atoms with Gasteiger partial charge in [-0.2, -0.15) is 13.2 Å². The van der Waals surface area contributed by atoms with Gasteiger partial charge in [-0.25, -0.2) is 0 Å². The number of alkyl halides is 3. The van der Waals surface area contributed by atoms with Gasteiger partial charge in [0.15, 0.2) is 0 Å². The molecule has 1 N–H and O–H groups in total. The van der Waals surface area contributed by atoms with Crippen molar-refractivity contribution < 1.29 is 13.2 Å².